The second-order valence-electron chi connectivity index (χ2n) is 3.81. The van der Waals surface area contributed by atoms with Gasteiger partial charge in [-0.15, -0.1) is 0 Å². The van der Waals surface area contributed by atoms with Crippen LogP contribution < -0.4 is 0 Å². The SMILES string of the molecule is O=C1C=CC2C3C=CC(C3)C12. The molecule has 0 amide bonds. The summed E-state index contributed by atoms with van der Waals surface area (Å²) < 4.78 is 0. The van der Waals surface area contributed by atoms with Gasteiger partial charge in [0.2, 0.25) is 0 Å². The van der Waals surface area contributed by atoms with Crippen LogP contribution in [-0.4, -0.2) is 5.78 Å². The van der Waals surface area contributed by atoms with Crippen molar-refractivity contribution in [3.8, 4) is 0 Å². The molecule has 0 aliphatic heterocycles. The second-order valence-corrected chi connectivity index (χ2v) is 3.81. The molecule has 1 fully saturated rings. The van der Waals surface area contributed by atoms with E-state index in [1.807, 2.05) is 0 Å². The summed E-state index contributed by atoms with van der Waals surface area (Å²) in [6.45, 7) is 0. The minimum absolute atomic E-state index is 0.338. The summed E-state index contributed by atoms with van der Waals surface area (Å²) in [7, 11) is 0. The van der Waals surface area contributed by atoms with E-state index < -0.39 is 0 Å². The highest BCUT2D eigenvalue weighted by atomic mass is 16.1. The lowest BCUT2D eigenvalue weighted by Gasteiger charge is -2.17. The Hall–Kier alpha value is -0.850. The number of ketones is 1. The maximum Gasteiger partial charge on any atom is 0.159 e. The molecule has 1 saturated carbocycles. The molecule has 1 heteroatoms. The van der Waals surface area contributed by atoms with Crippen LogP contribution in [0.2, 0.25) is 0 Å². The van der Waals surface area contributed by atoms with Gasteiger partial charge in [0, 0.05) is 5.92 Å². The van der Waals surface area contributed by atoms with Gasteiger partial charge >= 0.3 is 0 Å². The van der Waals surface area contributed by atoms with Gasteiger partial charge in [-0.05, 0) is 30.3 Å². The number of hydrogen-bond acceptors (Lipinski definition) is 1. The van der Waals surface area contributed by atoms with Crippen molar-refractivity contribution in [1.82, 2.24) is 0 Å². The molecule has 3 aliphatic rings. The molecule has 0 saturated heterocycles. The quantitative estimate of drug-likeness (QED) is 0.474. The van der Waals surface area contributed by atoms with Crippen LogP contribution >= 0.6 is 0 Å². The van der Waals surface area contributed by atoms with Crippen LogP contribution in [0.1, 0.15) is 6.42 Å². The first-order valence-corrected chi connectivity index (χ1v) is 4.26. The van der Waals surface area contributed by atoms with E-state index in [4.69, 9.17) is 0 Å². The normalized spacial score (nSPS) is 50.7. The molecule has 0 aromatic rings. The van der Waals surface area contributed by atoms with Crippen molar-refractivity contribution in [2.45, 2.75) is 6.42 Å². The number of carbonyl (C=O) groups is 1. The van der Waals surface area contributed by atoms with Crippen molar-refractivity contribution in [3.05, 3.63) is 24.3 Å². The number of allylic oxidation sites excluding steroid dienone is 4. The van der Waals surface area contributed by atoms with E-state index in [0.717, 1.165) is 0 Å². The van der Waals surface area contributed by atoms with Gasteiger partial charge in [0.25, 0.3) is 0 Å². The van der Waals surface area contributed by atoms with Crippen LogP contribution in [0.5, 0.6) is 0 Å². The summed E-state index contributed by atoms with van der Waals surface area (Å²) >= 11 is 0. The molecule has 4 atom stereocenters. The molecular weight excluding hydrogens is 136 g/mol. The Morgan fingerprint density at radius 3 is 2.82 bits per heavy atom. The summed E-state index contributed by atoms with van der Waals surface area (Å²) in [5.41, 5.74) is 0. The molecule has 0 N–H and O–H groups in total. The van der Waals surface area contributed by atoms with Gasteiger partial charge in [-0.2, -0.15) is 0 Å². The third-order valence-electron chi connectivity index (χ3n) is 3.33. The van der Waals surface area contributed by atoms with Gasteiger partial charge in [0.05, 0.1) is 0 Å². The number of rotatable bonds is 0. The molecule has 0 aromatic heterocycles. The van der Waals surface area contributed by atoms with E-state index in [2.05, 4.69) is 18.2 Å². The van der Waals surface area contributed by atoms with E-state index in [1.165, 1.54) is 6.42 Å². The molecule has 56 valence electrons. The van der Waals surface area contributed by atoms with Crippen molar-refractivity contribution in [3.63, 3.8) is 0 Å². The molecule has 0 radical (unpaired) electrons. The zero-order chi connectivity index (χ0) is 7.42. The van der Waals surface area contributed by atoms with E-state index >= 15 is 0 Å². The standard InChI is InChI=1S/C10H10O/c11-9-4-3-8-6-1-2-7(5-6)10(8)9/h1-4,6-8,10H,5H2. The first-order valence-electron chi connectivity index (χ1n) is 4.26. The van der Waals surface area contributed by atoms with Crippen molar-refractivity contribution in [2.75, 3.05) is 0 Å². The first-order chi connectivity index (χ1) is 5.36. The molecule has 3 rings (SSSR count). The van der Waals surface area contributed by atoms with Crippen molar-refractivity contribution < 1.29 is 4.79 Å². The van der Waals surface area contributed by atoms with Gasteiger partial charge in [-0.1, -0.05) is 18.2 Å². The minimum Gasteiger partial charge on any atom is -0.295 e. The number of carbonyl (C=O) groups excluding carboxylic acids is 1. The third kappa shape index (κ3) is 0.550. The summed E-state index contributed by atoms with van der Waals surface area (Å²) in [6.07, 6.45) is 9.64. The Bertz CT molecular complexity index is 275. The van der Waals surface area contributed by atoms with Crippen LogP contribution in [0.3, 0.4) is 0 Å². The fourth-order valence-corrected chi connectivity index (χ4v) is 2.84. The van der Waals surface area contributed by atoms with Gasteiger partial charge in [0.1, 0.15) is 0 Å². The molecule has 3 aliphatic carbocycles. The monoisotopic (exact) mass is 146 g/mol. The Morgan fingerprint density at radius 2 is 2.00 bits per heavy atom. The minimum atomic E-state index is 0.338. The molecule has 0 aromatic carbocycles. The number of hydrogen-bond donors (Lipinski definition) is 0. The lowest BCUT2D eigenvalue weighted by atomic mass is 9.85. The maximum atomic E-state index is 11.3. The van der Waals surface area contributed by atoms with Crippen molar-refractivity contribution >= 4 is 5.78 Å². The van der Waals surface area contributed by atoms with Gasteiger partial charge < -0.3 is 0 Å². The average Bonchev–Trinajstić information content (AvgIpc) is 2.60. The van der Waals surface area contributed by atoms with Crippen LogP contribution in [0.15, 0.2) is 24.3 Å². The van der Waals surface area contributed by atoms with Crippen LogP contribution in [0.4, 0.5) is 0 Å². The molecule has 0 spiro atoms. The van der Waals surface area contributed by atoms with Crippen molar-refractivity contribution in [1.29, 1.82) is 0 Å². The van der Waals surface area contributed by atoms with Gasteiger partial charge in [-0.25, -0.2) is 0 Å². The predicted octanol–water partition coefficient (Wildman–Crippen LogP) is 1.56. The first kappa shape index (κ1) is 5.76. The Morgan fingerprint density at radius 1 is 1.18 bits per heavy atom. The fourth-order valence-electron chi connectivity index (χ4n) is 2.84. The topological polar surface area (TPSA) is 17.1 Å². The van der Waals surface area contributed by atoms with E-state index in [-0.39, 0.29) is 0 Å². The van der Waals surface area contributed by atoms with E-state index in [0.29, 0.717) is 29.5 Å². The highest BCUT2D eigenvalue weighted by Gasteiger charge is 2.48. The molecule has 2 bridgehead atoms. The Kier molecular flexibility index (Phi) is 0.867. The zero-order valence-electron chi connectivity index (χ0n) is 6.23. The largest absolute Gasteiger partial charge is 0.295 e. The molecule has 0 heterocycles. The summed E-state index contributed by atoms with van der Waals surface area (Å²) in [6, 6.07) is 0. The van der Waals surface area contributed by atoms with Crippen molar-refractivity contribution in [2.24, 2.45) is 23.7 Å². The lowest BCUT2D eigenvalue weighted by molar-refractivity contribution is -0.118. The van der Waals surface area contributed by atoms with Crippen LogP contribution in [-0.2, 0) is 4.79 Å². The Labute approximate surface area is 65.8 Å². The zero-order valence-corrected chi connectivity index (χ0v) is 6.23. The molecule has 4 unspecified atom stereocenters. The smallest absolute Gasteiger partial charge is 0.159 e. The molecule has 11 heavy (non-hydrogen) atoms. The Balaban J connectivity index is 2.08. The van der Waals surface area contributed by atoms with Gasteiger partial charge in [0.15, 0.2) is 5.78 Å². The fraction of sp³-hybridized carbons (Fsp3) is 0.500. The number of fused-ring (bicyclic) bond motifs is 5. The molecular formula is C10H10O. The van der Waals surface area contributed by atoms with Crippen LogP contribution in [0.25, 0.3) is 0 Å². The molecule has 1 nitrogen and oxygen atoms in total. The lowest BCUT2D eigenvalue weighted by Crippen LogP contribution is -2.19. The summed E-state index contributed by atoms with van der Waals surface area (Å²) in [5, 5.41) is 0. The summed E-state index contributed by atoms with van der Waals surface area (Å²) in [5.74, 6) is 2.54. The van der Waals surface area contributed by atoms with Crippen LogP contribution in [0, 0.1) is 23.7 Å². The average molecular weight is 146 g/mol. The van der Waals surface area contributed by atoms with E-state index in [9.17, 15) is 4.79 Å². The predicted molar refractivity (Wildman–Crippen MR) is 41.9 cm³/mol. The highest BCUT2D eigenvalue weighted by Crippen LogP contribution is 2.51. The maximum absolute atomic E-state index is 11.3. The summed E-state index contributed by atoms with van der Waals surface area (Å²) in [4.78, 5) is 11.3. The third-order valence-corrected chi connectivity index (χ3v) is 3.33. The van der Waals surface area contributed by atoms with E-state index in [1.54, 1.807) is 6.08 Å². The highest BCUT2D eigenvalue weighted by molar-refractivity contribution is 5.95. The second kappa shape index (κ2) is 1.66. The van der Waals surface area contributed by atoms with Gasteiger partial charge in [-0.3, -0.25) is 4.79 Å².